The SMILES string of the molecule is CC(C)C(=O)C#CC=CN1CCCCC1. The number of carbonyl (C=O) groups excluding carboxylic acids is 1. The zero-order valence-corrected chi connectivity index (χ0v) is 9.62. The smallest absolute Gasteiger partial charge is 0.208 e. The highest BCUT2D eigenvalue weighted by Crippen LogP contribution is 2.08. The Morgan fingerprint density at radius 3 is 2.53 bits per heavy atom. The molecule has 0 unspecified atom stereocenters. The van der Waals surface area contributed by atoms with E-state index in [1.807, 2.05) is 20.0 Å². The first-order valence-electron chi connectivity index (χ1n) is 5.66. The van der Waals surface area contributed by atoms with Gasteiger partial charge in [0.25, 0.3) is 0 Å². The Kier molecular flexibility index (Phi) is 4.97. The predicted molar refractivity (Wildman–Crippen MR) is 62.2 cm³/mol. The van der Waals surface area contributed by atoms with Gasteiger partial charge in [0.05, 0.1) is 0 Å². The van der Waals surface area contributed by atoms with E-state index in [9.17, 15) is 4.79 Å². The van der Waals surface area contributed by atoms with Crippen molar-refractivity contribution in [2.45, 2.75) is 33.1 Å². The standard InChI is InChI=1S/C13H19NO/c1-12(2)13(15)8-4-7-11-14-9-5-3-6-10-14/h7,11-12H,3,5-6,9-10H2,1-2H3. The largest absolute Gasteiger partial charge is 0.377 e. The molecule has 0 saturated carbocycles. The van der Waals surface area contributed by atoms with Crippen molar-refractivity contribution in [1.82, 2.24) is 4.90 Å². The molecule has 2 nitrogen and oxygen atoms in total. The van der Waals surface area contributed by atoms with E-state index in [1.54, 1.807) is 6.08 Å². The van der Waals surface area contributed by atoms with Crippen LogP contribution >= 0.6 is 0 Å². The van der Waals surface area contributed by atoms with Gasteiger partial charge in [0.15, 0.2) is 0 Å². The summed E-state index contributed by atoms with van der Waals surface area (Å²) in [6, 6.07) is 0. The topological polar surface area (TPSA) is 20.3 Å². The van der Waals surface area contributed by atoms with Crippen LogP contribution in [0.15, 0.2) is 12.3 Å². The maximum atomic E-state index is 11.2. The fraction of sp³-hybridized carbons (Fsp3) is 0.615. The van der Waals surface area contributed by atoms with Gasteiger partial charge in [0, 0.05) is 31.3 Å². The lowest BCUT2D eigenvalue weighted by Crippen LogP contribution is -2.23. The Balaban J connectivity index is 2.34. The third-order valence-corrected chi connectivity index (χ3v) is 2.48. The Morgan fingerprint density at radius 2 is 1.93 bits per heavy atom. The normalized spacial score (nSPS) is 16.6. The fourth-order valence-electron chi connectivity index (χ4n) is 1.47. The van der Waals surface area contributed by atoms with Gasteiger partial charge in [0.1, 0.15) is 0 Å². The minimum Gasteiger partial charge on any atom is -0.377 e. The number of nitrogens with zero attached hydrogens (tertiary/aromatic N) is 1. The summed E-state index contributed by atoms with van der Waals surface area (Å²) in [6.07, 6.45) is 7.65. The van der Waals surface area contributed by atoms with Gasteiger partial charge >= 0.3 is 0 Å². The third-order valence-electron chi connectivity index (χ3n) is 2.48. The summed E-state index contributed by atoms with van der Waals surface area (Å²) in [4.78, 5) is 13.4. The summed E-state index contributed by atoms with van der Waals surface area (Å²) in [6.45, 7) is 5.98. The number of carbonyl (C=O) groups is 1. The Labute approximate surface area is 92.3 Å². The molecule has 0 bridgehead atoms. The monoisotopic (exact) mass is 205 g/mol. The molecule has 1 heterocycles. The number of piperidine rings is 1. The van der Waals surface area contributed by atoms with Crippen molar-refractivity contribution >= 4 is 5.78 Å². The quantitative estimate of drug-likeness (QED) is 0.509. The minimum atomic E-state index is 0.0123. The Hall–Kier alpha value is -1.23. The lowest BCUT2D eigenvalue weighted by molar-refractivity contribution is -0.116. The number of allylic oxidation sites excluding steroid dienone is 1. The van der Waals surface area contributed by atoms with Crippen LogP contribution in [0.1, 0.15) is 33.1 Å². The number of hydrogen-bond acceptors (Lipinski definition) is 2. The minimum absolute atomic E-state index is 0.0123. The average Bonchev–Trinajstić information content (AvgIpc) is 2.25. The Morgan fingerprint density at radius 1 is 1.27 bits per heavy atom. The van der Waals surface area contributed by atoms with Crippen LogP contribution < -0.4 is 0 Å². The second kappa shape index (κ2) is 6.29. The summed E-state index contributed by atoms with van der Waals surface area (Å²) in [5, 5.41) is 0. The van der Waals surface area contributed by atoms with E-state index in [0.29, 0.717) is 0 Å². The molecule has 0 N–H and O–H groups in total. The second-order valence-corrected chi connectivity index (χ2v) is 4.20. The molecular weight excluding hydrogens is 186 g/mol. The highest BCUT2D eigenvalue weighted by atomic mass is 16.1. The van der Waals surface area contributed by atoms with Crippen molar-refractivity contribution < 1.29 is 4.79 Å². The molecule has 1 saturated heterocycles. The van der Waals surface area contributed by atoms with Crippen LogP contribution in [0.3, 0.4) is 0 Å². The van der Waals surface area contributed by atoms with E-state index in [1.165, 1.54) is 19.3 Å². The van der Waals surface area contributed by atoms with Crippen LogP contribution in [-0.4, -0.2) is 23.8 Å². The molecule has 0 aromatic carbocycles. The molecule has 0 spiro atoms. The van der Waals surface area contributed by atoms with E-state index < -0.39 is 0 Å². The molecule has 82 valence electrons. The van der Waals surface area contributed by atoms with Crippen molar-refractivity contribution in [3.63, 3.8) is 0 Å². The van der Waals surface area contributed by atoms with Gasteiger partial charge in [-0.3, -0.25) is 4.79 Å². The summed E-state index contributed by atoms with van der Waals surface area (Å²) in [5.74, 6) is 5.44. The molecule has 0 aromatic heterocycles. The van der Waals surface area contributed by atoms with Crippen molar-refractivity contribution in [3.8, 4) is 11.8 Å². The molecule has 1 rings (SSSR count). The number of Topliss-reactive ketones (excluding diaryl/α,β-unsaturated/α-hetero) is 1. The second-order valence-electron chi connectivity index (χ2n) is 4.20. The van der Waals surface area contributed by atoms with Crippen LogP contribution in [0.4, 0.5) is 0 Å². The molecule has 0 radical (unpaired) electrons. The molecule has 0 aromatic rings. The predicted octanol–water partition coefficient (Wildman–Crippen LogP) is 2.21. The molecule has 0 aliphatic carbocycles. The van der Waals surface area contributed by atoms with Gasteiger partial charge in [-0.1, -0.05) is 19.8 Å². The highest BCUT2D eigenvalue weighted by Gasteiger charge is 2.04. The van der Waals surface area contributed by atoms with Crippen LogP contribution in [-0.2, 0) is 4.79 Å². The molecule has 15 heavy (non-hydrogen) atoms. The van der Waals surface area contributed by atoms with Crippen LogP contribution in [0.5, 0.6) is 0 Å². The van der Waals surface area contributed by atoms with Gasteiger partial charge < -0.3 is 4.90 Å². The van der Waals surface area contributed by atoms with Crippen LogP contribution in [0.25, 0.3) is 0 Å². The lowest BCUT2D eigenvalue weighted by Gasteiger charge is -2.24. The fourth-order valence-corrected chi connectivity index (χ4v) is 1.47. The van der Waals surface area contributed by atoms with E-state index in [2.05, 4.69) is 16.7 Å². The van der Waals surface area contributed by atoms with E-state index in [-0.39, 0.29) is 11.7 Å². The molecule has 1 aliphatic heterocycles. The lowest BCUT2D eigenvalue weighted by atomic mass is 10.1. The van der Waals surface area contributed by atoms with Gasteiger partial charge in [0.2, 0.25) is 5.78 Å². The molecule has 1 fully saturated rings. The third kappa shape index (κ3) is 4.69. The number of hydrogen-bond donors (Lipinski definition) is 0. The van der Waals surface area contributed by atoms with Crippen molar-refractivity contribution in [2.75, 3.05) is 13.1 Å². The highest BCUT2D eigenvalue weighted by molar-refractivity contribution is 5.97. The van der Waals surface area contributed by atoms with E-state index in [4.69, 9.17) is 0 Å². The maximum Gasteiger partial charge on any atom is 0.208 e. The first-order valence-corrected chi connectivity index (χ1v) is 5.66. The van der Waals surface area contributed by atoms with Crippen LogP contribution in [0.2, 0.25) is 0 Å². The average molecular weight is 205 g/mol. The first kappa shape index (κ1) is 11.8. The maximum absolute atomic E-state index is 11.2. The van der Waals surface area contributed by atoms with Crippen molar-refractivity contribution in [1.29, 1.82) is 0 Å². The van der Waals surface area contributed by atoms with Crippen molar-refractivity contribution in [2.24, 2.45) is 5.92 Å². The summed E-state index contributed by atoms with van der Waals surface area (Å²) >= 11 is 0. The van der Waals surface area contributed by atoms with Crippen molar-refractivity contribution in [3.05, 3.63) is 12.3 Å². The van der Waals surface area contributed by atoms with Crippen LogP contribution in [0, 0.1) is 17.8 Å². The zero-order valence-electron chi connectivity index (χ0n) is 9.62. The molecular formula is C13H19NO. The number of likely N-dealkylation sites (tertiary alicyclic amines) is 1. The molecule has 1 aliphatic rings. The summed E-state index contributed by atoms with van der Waals surface area (Å²) in [7, 11) is 0. The van der Waals surface area contributed by atoms with E-state index in [0.717, 1.165) is 13.1 Å². The zero-order chi connectivity index (χ0) is 11.1. The molecule has 0 amide bonds. The molecule has 2 heteroatoms. The molecule has 0 atom stereocenters. The van der Waals surface area contributed by atoms with Gasteiger partial charge in [-0.2, -0.15) is 0 Å². The Bertz CT molecular complexity index is 287. The van der Waals surface area contributed by atoms with Gasteiger partial charge in [-0.25, -0.2) is 0 Å². The van der Waals surface area contributed by atoms with Gasteiger partial charge in [-0.05, 0) is 25.2 Å². The van der Waals surface area contributed by atoms with Gasteiger partial charge in [-0.15, -0.1) is 0 Å². The summed E-state index contributed by atoms with van der Waals surface area (Å²) in [5.41, 5.74) is 0. The van der Waals surface area contributed by atoms with E-state index >= 15 is 0 Å². The summed E-state index contributed by atoms with van der Waals surface area (Å²) < 4.78 is 0. The first-order chi connectivity index (χ1) is 7.20. The number of ketones is 1. The number of rotatable bonds is 2.